The average molecular weight is 261 g/mol. The van der Waals surface area contributed by atoms with Crippen molar-refractivity contribution in [2.75, 3.05) is 13.1 Å². The first kappa shape index (κ1) is 14.5. The highest BCUT2D eigenvalue weighted by Crippen LogP contribution is 2.36. The zero-order valence-electron chi connectivity index (χ0n) is 12.3. The lowest BCUT2D eigenvalue weighted by Crippen LogP contribution is -2.39. The molecule has 0 aromatic heterocycles. The van der Waals surface area contributed by atoms with Gasteiger partial charge < -0.3 is 10.4 Å². The van der Waals surface area contributed by atoms with Gasteiger partial charge in [0.2, 0.25) is 0 Å². The van der Waals surface area contributed by atoms with Crippen LogP contribution in [0.4, 0.5) is 0 Å². The van der Waals surface area contributed by atoms with E-state index in [1.807, 2.05) is 6.92 Å². The summed E-state index contributed by atoms with van der Waals surface area (Å²) in [7, 11) is 0. The number of nitrogens with one attached hydrogen (secondary N) is 1. The quantitative estimate of drug-likeness (QED) is 0.770. The first-order valence-corrected chi connectivity index (χ1v) is 7.63. The lowest BCUT2D eigenvalue weighted by atomic mass is 9.77. The average Bonchev–Trinajstić information content (AvgIpc) is 2.39. The van der Waals surface area contributed by atoms with Crippen LogP contribution in [0.5, 0.6) is 0 Å². The topological polar surface area (TPSA) is 32.3 Å². The predicted octanol–water partition coefficient (Wildman–Crippen LogP) is 3.25. The van der Waals surface area contributed by atoms with Crippen LogP contribution < -0.4 is 5.32 Å². The summed E-state index contributed by atoms with van der Waals surface area (Å²) in [5.41, 5.74) is 2.34. The Balaban J connectivity index is 1.99. The Morgan fingerprint density at radius 2 is 2.16 bits per heavy atom. The van der Waals surface area contributed by atoms with Gasteiger partial charge in [-0.15, -0.1) is 0 Å². The third-order valence-electron chi connectivity index (χ3n) is 4.11. The maximum atomic E-state index is 10.6. The minimum absolute atomic E-state index is 0.517. The van der Waals surface area contributed by atoms with E-state index in [0.29, 0.717) is 12.5 Å². The Labute approximate surface area is 117 Å². The molecule has 0 amide bonds. The van der Waals surface area contributed by atoms with Gasteiger partial charge in [0, 0.05) is 6.54 Å². The molecule has 1 aromatic carbocycles. The van der Waals surface area contributed by atoms with Crippen molar-refractivity contribution in [1.82, 2.24) is 5.32 Å². The molecule has 1 aliphatic rings. The van der Waals surface area contributed by atoms with Crippen molar-refractivity contribution in [1.29, 1.82) is 0 Å². The SMILES string of the molecule is CCCNCC(C)(O)CC1CCCc2ccccc21. The summed E-state index contributed by atoms with van der Waals surface area (Å²) >= 11 is 0. The monoisotopic (exact) mass is 261 g/mol. The van der Waals surface area contributed by atoms with Crippen LogP contribution in [0.2, 0.25) is 0 Å². The Bertz CT molecular complexity index is 400. The van der Waals surface area contributed by atoms with Crippen molar-refractivity contribution in [3.63, 3.8) is 0 Å². The highest BCUT2D eigenvalue weighted by molar-refractivity contribution is 5.32. The summed E-state index contributed by atoms with van der Waals surface area (Å²) in [4.78, 5) is 0. The maximum Gasteiger partial charge on any atom is 0.0749 e. The molecule has 2 N–H and O–H groups in total. The molecule has 2 heteroatoms. The molecular weight excluding hydrogens is 234 g/mol. The van der Waals surface area contributed by atoms with Crippen molar-refractivity contribution in [3.8, 4) is 0 Å². The van der Waals surface area contributed by atoms with E-state index in [1.165, 1.54) is 30.4 Å². The summed E-state index contributed by atoms with van der Waals surface area (Å²) in [5.74, 6) is 0.517. The molecule has 0 heterocycles. The number of hydrogen-bond donors (Lipinski definition) is 2. The molecule has 2 rings (SSSR count). The Kier molecular flexibility index (Phi) is 5.00. The zero-order valence-corrected chi connectivity index (χ0v) is 12.3. The van der Waals surface area contributed by atoms with Crippen LogP contribution in [0.15, 0.2) is 24.3 Å². The first-order chi connectivity index (χ1) is 9.12. The minimum atomic E-state index is -0.607. The van der Waals surface area contributed by atoms with Crippen molar-refractivity contribution < 1.29 is 5.11 Å². The summed E-state index contributed by atoms with van der Waals surface area (Å²) < 4.78 is 0. The van der Waals surface area contributed by atoms with E-state index in [4.69, 9.17) is 0 Å². The zero-order chi connectivity index (χ0) is 13.7. The van der Waals surface area contributed by atoms with E-state index in [-0.39, 0.29) is 0 Å². The molecule has 0 saturated carbocycles. The molecule has 2 unspecified atom stereocenters. The van der Waals surface area contributed by atoms with E-state index in [2.05, 4.69) is 36.5 Å². The molecule has 1 aromatic rings. The number of aliphatic hydroxyl groups is 1. The lowest BCUT2D eigenvalue weighted by Gasteiger charge is -2.32. The highest BCUT2D eigenvalue weighted by Gasteiger charge is 2.28. The van der Waals surface area contributed by atoms with Gasteiger partial charge in [0.05, 0.1) is 5.60 Å². The largest absolute Gasteiger partial charge is 0.389 e. The molecule has 0 spiro atoms. The first-order valence-electron chi connectivity index (χ1n) is 7.63. The van der Waals surface area contributed by atoms with E-state index < -0.39 is 5.60 Å². The van der Waals surface area contributed by atoms with E-state index >= 15 is 0 Å². The summed E-state index contributed by atoms with van der Waals surface area (Å²) in [6.07, 6.45) is 5.63. The molecular formula is C17H27NO. The van der Waals surface area contributed by atoms with Crippen LogP contribution in [0, 0.1) is 0 Å². The molecule has 2 atom stereocenters. The third kappa shape index (κ3) is 4.05. The fourth-order valence-electron chi connectivity index (χ4n) is 3.20. The fourth-order valence-corrected chi connectivity index (χ4v) is 3.20. The van der Waals surface area contributed by atoms with Gasteiger partial charge in [0.1, 0.15) is 0 Å². The second-order valence-electron chi connectivity index (χ2n) is 6.17. The normalized spacial score (nSPS) is 21.7. The van der Waals surface area contributed by atoms with Gasteiger partial charge in [-0.25, -0.2) is 0 Å². The molecule has 0 bridgehead atoms. The third-order valence-corrected chi connectivity index (χ3v) is 4.11. The number of hydrogen-bond acceptors (Lipinski definition) is 2. The van der Waals surface area contributed by atoms with Crippen LogP contribution >= 0.6 is 0 Å². The Hall–Kier alpha value is -0.860. The van der Waals surface area contributed by atoms with Gasteiger partial charge in [-0.3, -0.25) is 0 Å². The van der Waals surface area contributed by atoms with Gasteiger partial charge in [-0.1, -0.05) is 31.2 Å². The van der Waals surface area contributed by atoms with Gasteiger partial charge in [-0.2, -0.15) is 0 Å². The highest BCUT2D eigenvalue weighted by atomic mass is 16.3. The molecule has 0 saturated heterocycles. The Morgan fingerprint density at radius 3 is 2.95 bits per heavy atom. The van der Waals surface area contributed by atoms with Crippen LogP contribution in [-0.4, -0.2) is 23.8 Å². The van der Waals surface area contributed by atoms with E-state index in [9.17, 15) is 5.11 Å². The number of benzene rings is 1. The minimum Gasteiger partial charge on any atom is -0.389 e. The predicted molar refractivity (Wildman–Crippen MR) is 80.5 cm³/mol. The van der Waals surface area contributed by atoms with Crippen LogP contribution in [0.1, 0.15) is 56.6 Å². The van der Waals surface area contributed by atoms with Crippen molar-refractivity contribution in [3.05, 3.63) is 35.4 Å². The van der Waals surface area contributed by atoms with E-state index in [0.717, 1.165) is 19.4 Å². The number of rotatable bonds is 6. The molecule has 0 fully saturated rings. The molecule has 0 aliphatic heterocycles. The lowest BCUT2D eigenvalue weighted by molar-refractivity contribution is 0.0418. The maximum absolute atomic E-state index is 10.6. The van der Waals surface area contributed by atoms with Crippen molar-refractivity contribution >= 4 is 0 Å². The van der Waals surface area contributed by atoms with Gasteiger partial charge in [-0.05, 0) is 62.6 Å². The van der Waals surface area contributed by atoms with E-state index in [1.54, 1.807) is 0 Å². The molecule has 1 aliphatic carbocycles. The standard InChI is InChI=1S/C17H27NO/c1-3-11-18-13-17(2,19)12-15-9-6-8-14-7-4-5-10-16(14)15/h4-5,7,10,15,18-19H,3,6,8-9,11-13H2,1-2H3. The summed E-state index contributed by atoms with van der Waals surface area (Å²) in [5, 5.41) is 13.9. The second-order valence-corrected chi connectivity index (χ2v) is 6.17. The summed E-state index contributed by atoms with van der Waals surface area (Å²) in [6.45, 7) is 5.79. The van der Waals surface area contributed by atoms with Crippen LogP contribution in [0.25, 0.3) is 0 Å². The van der Waals surface area contributed by atoms with Crippen LogP contribution in [-0.2, 0) is 6.42 Å². The number of aryl methyl sites for hydroxylation is 1. The van der Waals surface area contributed by atoms with Gasteiger partial charge in [0.25, 0.3) is 0 Å². The molecule has 2 nitrogen and oxygen atoms in total. The number of fused-ring (bicyclic) bond motifs is 1. The second kappa shape index (κ2) is 6.53. The molecule has 19 heavy (non-hydrogen) atoms. The fraction of sp³-hybridized carbons (Fsp3) is 0.647. The molecule has 106 valence electrons. The molecule has 0 radical (unpaired) electrons. The van der Waals surface area contributed by atoms with Gasteiger partial charge >= 0.3 is 0 Å². The smallest absolute Gasteiger partial charge is 0.0749 e. The Morgan fingerprint density at radius 1 is 1.37 bits per heavy atom. The summed E-state index contributed by atoms with van der Waals surface area (Å²) in [6, 6.07) is 8.74. The van der Waals surface area contributed by atoms with Crippen molar-refractivity contribution in [2.24, 2.45) is 0 Å². The van der Waals surface area contributed by atoms with Crippen LogP contribution in [0.3, 0.4) is 0 Å². The van der Waals surface area contributed by atoms with Gasteiger partial charge in [0.15, 0.2) is 0 Å². The van der Waals surface area contributed by atoms with Crippen molar-refractivity contribution in [2.45, 2.75) is 57.5 Å².